The molecule has 9 heteroatoms. The third kappa shape index (κ3) is 9.06. The first kappa shape index (κ1) is 23.4. The molecule has 2 N–H and O–H groups in total. The van der Waals surface area contributed by atoms with Gasteiger partial charge in [0.15, 0.2) is 0 Å². The fourth-order valence-electron chi connectivity index (χ4n) is 2.06. The second kappa shape index (κ2) is 11.1. The lowest BCUT2D eigenvalue weighted by Crippen LogP contribution is -2.53. The highest BCUT2D eigenvalue weighted by molar-refractivity contribution is 6.67. The topological polar surface area (TPSA) is 89.7 Å². The van der Waals surface area contributed by atoms with Gasteiger partial charge in [-0.25, -0.2) is 9.69 Å². The minimum Gasteiger partial charge on any atom is -0.445 e. The van der Waals surface area contributed by atoms with Crippen LogP contribution in [0.15, 0.2) is 0 Å². The highest BCUT2D eigenvalue weighted by Crippen LogP contribution is 2.26. The SMILES string of the molecule is CCCC[C@@H](C=O)N(C(=O)OCC(Cl)(Cl)Cl)C(=O)[C@@H](N)CC(C)C. The van der Waals surface area contributed by atoms with Crippen LogP contribution < -0.4 is 5.73 Å². The molecule has 2 atom stereocenters. The number of hydrogen-bond acceptors (Lipinski definition) is 5. The molecule has 0 aliphatic rings. The summed E-state index contributed by atoms with van der Waals surface area (Å²) in [5.74, 6) is -0.528. The van der Waals surface area contributed by atoms with Crippen LogP contribution in [0.3, 0.4) is 0 Å². The number of nitrogens with two attached hydrogens (primary N) is 1. The molecule has 0 rings (SSSR count). The number of unbranched alkanes of at least 4 members (excludes halogenated alkanes) is 1. The van der Waals surface area contributed by atoms with Crippen LogP contribution in [0.1, 0.15) is 46.5 Å². The quantitative estimate of drug-likeness (QED) is 0.470. The van der Waals surface area contributed by atoms with Gasteiger partial charge in [0, 0.05) is 0 Å². The second-order valence-corrected chi connectivity index (χ2v) is 8.48. The van der Waals surface area contributed by atoms with Gasteiger partial charge in [-0.1, -0.05) is 68.4 Å². The van der Waals surface area contributed by atoms with E-state index in [2.05, 4.69) is 0 Å². The number of nitrogens with zero attached hydrogens (tertiary/aromatic N) is 1. The van der Waals surface area contributed by atoms with Crippen molar-refractivity contribution < 1.29 is 19.1 Å². The summed E-state index contributed by atoms with van der Waals surface area (Å²) in [4.78, 5) is 37.0. The largest absolute Gasteiger partial charge is 0.445 e. The molecule has 0 aliphatic heterocycles. The summed E-state index contributed by atoms with van der Waals surface area (Å²) in [5.41, 5.74) is 5.87. The zero-order chi connectivity index (χ0) is 18.9. The zero-order valence-corrected chi connectivity index (χ0v) is 16.4. The molecule has 2 amide bonds. The van der Waals surface area contributed by atoms with Gasteiger partial charge in [-0.15, -0.1) is 0 Å². The molecular formula is C15H25Cl3N2O4. The van der Waals surface area contributed by atoms with Crippen molar-refractivity contribution in [3.63, 3.8) is 0 Å². The Morgan fingerprint density at radius 2 is 1.88 bits per heavy atom. The number of ether oxygens (including phenoxy) is 1. The van der Waals surface area contributed by atoms with E-state index in [1.165, 1.54) is 0 Å². The minimum atomic E-state index is -1.81. The van der Waals surface area contributed by atoms with Gasteiger partial charge >= 0.3 is 6.09 Å². The van der Waals surface area contributed by atoms with Crippen molar-refractivity contribution in [1.29, 1.82) is 0 Å². The minimum absolute atomic E-state index is 0.147. The van der Waals surface area contributed by atoms with E-state index in [1.54, 1.807) is 0 Å². The molecule has 0 saturated heterocycles. The van der Waals surface area contributed by atoms with Crippen LogP contribution in [0.4, 0.5) is 4.79 Å². The average molecular weight is 404 g/mol. The molecule has 6 nitrogen and oxygen atoms in total. The Kier molecular flexibility index (Phi) is 10.9. The molecule has 0 bridgehead atoms. The molecule has 0 aromatic heterocycles. The van der Waals surface area contributed by atoms with Crippen molar-refractivity contribution in [3.05, 3.63) is 0 Å². The number of imide groups is 1. The Morgan fingerprint density at radius 1 is 1.29 bits per heavy atom. The zero-order valence-electron chi connectivity index (χ0n) is 14.1. The third-order valence-electron chi connectivity index (χ3n) is 3.18. The molecule has 0 aliphatic carbocycles. The first-order valence-corrected chi connectivity index (χ1v) is 8.94. The maximum Gasteiger partial charge on any atom is 0.417 e. The van der Waals surface area contributed by atoms with Crippen molar-refractivity contribution in [3.8, 4) is 0 Å². The number of halogens is 3. The summed E-state index contributed by atoms with van der Waals surface area (Å²) in [6.45, 7) is 5.18. The van der Waals surface area contributed by atoms with Gasteiger partial charge in [-0.05, 0) is 18.8 Å². The van der Waals surface area contributed by atoms with E-state index in [9.17, 15) is 14.4 Å². The van der Waals surface area contributed by atoms with Crippen LogP contribution in [-0.4, -0.2) is 45.7 Å². The number of carbonyl (C=O) groups excluding carboxylic acids is 3. The average Bonchev–Trinajstić information content (AvgIpc) is 2.47. The van der Waals surface area contributed by atoms with E-state index in [0.717, 1.165) is 11.3 Å². The number of carbonyl (C=O) groups is 3. The predicted octanol–water partition coefficient (Wildman–Crippen LogP) is 3.45. The second-order valence-electron chi connectivity index (χ2n) is 5.96. The fraction of sp³-hybridized carbons (Fsp3) is 0.800. The molecule has 0 saturated carbocycles. The van der Waals surface area contributed by atoms with Gasteiger partial charge in [0.25, 0.3) is 0 Å². The maximum atomic E-state index is 12.6. The van der Waals surface area contributed by atoms with E-state index in [0.29, 0.717) is 25.5 Å². The van der Waals surface area contributed by atoms with E-state index in [-0.39, 0.29) is 5.92 Å². The fourth-order valence-corrected chi connectivity index (χ4v) is 2.22. The summed E-state index contributed by atoms with van der Waals surface area (Å²) < 4.78 is 3.05. The summed E-state index contributed by atoms with van der Waals surface area (Å²) in [7, 11) is 0. The smallest absolute Gasteiger partial charge is 0.417 e. The number of hydrogen-bond donors (Lipinski definition) is 1. The number of aldehydes is 1. The lowest BCUT2D eigenvalue weighted by Gasteiger charge is -2.29. The third-order valence-corrected chi connectivity index (χ3v) is 3.51. The number of amides is 2. The normalized spacial score (nSPS) is 14.2. The molecule has 0 fully saturated rings. The van der Waals surface area contributed by atoms with Gasteiger partial charge in [0.1, 0.15) is 12.9 Å². The first-order valence-electron chi connectivity index (χ1n) is 7.80. The standard InChI is InChI=1S/C15H25Cl3N2O4/c1-4-5-6-11(8-21)20(13(22)12(19)7-10(2)3)14(23)24-9-15(16,17)18/h8,10-12H,4-7,9,19H2,1-3H3/t11-,12-/m0/s1. The lowest BCUT2D eigenvalue weighted by molar-refractivity contribution is -0.136. The van der Waals surface area contributed by atoms with Crippen molar-refractivity contribution >= 4 is 53.1 Å². The van der Waals surface area contributed by atoms with Gasteiger partial charge < -0.3 is 15.3 Å². The van der Waals surface area contributed by atoms with Gasteiger partial charge in [0.05, 0.1) is 12.1 Å². The van der Waals surface area contributed by atoms with Crippen LogP contribution in [0.25, 0.3) is 0 Å². The molecule has 0 heterocycles. The molecule has 0 radical (unpaired) electrons. The van der Waals surface area contributed by atoms with Crippen LogP contribution in [0.5, 0.6) is 0 Å². The van der Waals surface area contributed by atoms with E-state index >= 15 is 0 Å². The summed E-state index contributed by atoms with van der Waals surface area (Å²) in [5, 5.41) is 0. The van der Waals surface area contributed by atoms with Crippen LogP contribution >= 0.6 is 34.8 Å². The van der Waals surface area contributed by atoms with Crippen LogP contribution in [0.2, 0.25) is 0 Å². The molecular weight excluding hydrogens is 379 g/mol. The van der Waals surface area contributed by atoms with Gasteiger partial charge in [-0.2, -0.15) is 0 Å². The molecule has 0 aromatic carbocycles. The summed E-state index contributed by atoms with van der Waals surface area (Å²) >= 11 is 16.6. The van der Waals surface area contributed by atoms with Crippen molar-refractivity contribution in [2.45, 2.75) is 62.3 Å². The lowest BCUT2D eigenvalue weighted by atomic mass is 10.0. The Morgan fingerprint density at radius 3 is 2.29 bits per heavy atom. The summed E-state index contributed by atoms with van der Waals surface area (Å²) in [6, 6.07) is -1.88. The van der Waals surface area contributed by atoms with Gasteiger partial charge in [-0.3, -0.25) is 4.79 Å². The molecule has 0 aromatic rings. The molecule has 24 heavy (non-hydrogen) atoms. The van der Waals surface area contributed by atoms with Crippen LogP contribution in [-0.2, 0) is 14.3 Å². The van der Waals surface area contributed by atoms with Crippen LogP contribution in [0, 0.1) is 5.92 Å². The van der Waals surface area contributed by atoms with Crippen molar-refractivity contribution in [2.24, 2.45) is 11.7 Å². The monoisotopic (exact) mass is 402 g/mol. The van der Waals surface area contributed by atoms with E-state index < -0.39 is 34.5 Å². The molecule has 0 spiro atoms. The first-order chi connectivity index (χ1) is 11.0. The Labute approximate surface area is 157 Å². The number of alkyl halides is 3. The summed E-state index contributed by atoms with van der Waals surface area (Å²) in [6.07, 6.45) is 1.64. The maximum absolute atomic E-state index is 12.6. The van der Waals surface area contributed by atoms with Gasteiger partial charge in [0.2, 0.25) is 9.70 Å². The van der Waals surface area contributed by atoms with Crippen molar-refractivity contribution in [1.82, 2.24) is 4.90 Å². The highest BCUT2D eigenvalue weighted by atomic mass is 35.6. The highest BCUT2D eigenvalue weighted by Gasteiger charge is 2.35. The number of rotatable bonds is 9. The van der Waals surface area contributed by atoms with E-state index in [1.807, 2.05) is 20.8 Å². The Hall–Kier alpha value is -0.560. The Bertz CT molecular complexity index is 427. The van der Waals surface area contributed by atoms with Crippen molar-refractivity contribution in [2.75, 3.05) is 6.61 Å². The molecule has 0 unspecified atom stereocenters. The Balaban J connectivity index is 5.29. The van der Waals surface area contributed by atoms with E-state index in [4.69, 9.17) is 45.3 Å². The predicted molar refractivity (Wildman–Crippen MR) is 95.3 cm³/mol. The molecule has 140 valence electrons.